The van der Waals surface area contributed by atoms with E-state index in [0.29, 0.717) is 24.5 Å². The van der Waals surface area contributed by atoms with Crippen LogP contribution in [0.15, 0.2) is 18.3 Å². The number of likely N-dealkylation sites (tertiary alicyclic amines) is 1. The predicted octanol–water partition coefficient (Wildman–Crippen LogP) is -0.00300. The summed E-state index contributed by atoms with van der Waals surface area (Å²) in [6, 6.07) is 3.24. The molecule has 1 aromatic rings. The van der Waals surface area contributed by atoms with Crippen LogP contribution in [-0.2, 0) is 9.59 Å². The van der Waals surface area contributed by atoms with Gasteiger partial charge >= 0.3 is 0 Å². The van der Waals surface area contributed by atoms with E-state index < -0.39 is 0 Å². The fourth-order valence-corrected chi connectivity index (χ4v) is 3.09. The molecule has 2 saturated heterocycles. The van der Waals surface area contributed by atoms with Gasteiger partial charge in [0.15, 0.2) is 0 Å². The number of carbonyl (C=O) groups is 3. The normalized spacial score (nSPS) is 17.8. The van der Waals surface area contributed by atoms with Gasteiger partial charge in [0.1, 0.15) is 6.54 Å². The Morgan fingerprint density at radius 1 is 1.12 bits per heavy atom. The maximum Gasteiger partial charge on any atom is 0.255 e. The van der Waals surface area contributed by atoms with Gasteiger partial charge in [-0.05, 0) is 18.9 Å². The van der Waals surface area contributed by atoms with Gasteiger partial charge < -0.3 is 19.4 Å². The van der Waals surface area contributed by atoms with Crippen LogP contribution in [0.25, 0.3) is 0 Å². The number of methoxy groups -OCH3 is 1. The van der Waals surface area contributed by atoms with Crippen molar-refractivity contribution >= 4 is 17.7 Å². The van der Waals surface area contributed by atoms with E-state index in [9.17, 15) is 14.4 Å². The second kappa shape index (κ2) is 7.50. The average Bonchev–Trinajstić information content (AvgIpc) is 3.17. The Kier molecular flexibility index (Phi) is 5.16. The van der Waals surface area contributed by atoms with E-state index in [1.54, 1.807) is 17.0 Å². The molecule has 0 radical (unpaired) electrons. The van der Waals surface area contributed by atoms with Crippen LogP contribution < -0.4 is 4.74 Å². The summed E-state index contributed by atoms with van der Waals surface area (Å²) in [5.41, 5.74) is 0.412. The molecule has 2 aliphatic rings. The lowest BCUT2D eigenvalue weighted by atomic mass is 10.2. The van der Waals surface area contributed by atoms with Gasteiger partial charge in [-0.2, -0.15) is 0 Å². The quantitative estimate of drug-likeness (QED) is 0.766. The minimum absolute atomic E-state index is 0.00928. The second-order valence-electron chi connectivity index (χ2n) is 6.22. The number of piperazine rings is 1. The Labute approximate surface area is 146 Å². The third-order valence-electron chi connectivity index (χ3n) is 4.58. The predicted molar refractivity (Wildman–Crippen MR) is 89.1 cm³/mol. The highest BCUT2D eigenvalue weighted by atomic mass is 16.5. The molecule has 3 amide bonds. The molecule has 0 aromatic carbocycles. The molecule has 0 atom stereocenters. The van der Waals surface area contributed by atoms with Crippen LogP contribution in [0.1, 0.15) is 23.2 Å². The summed E-state index contributed by atoms with van der Waals surface area (Å²) in [6.07, 6.45) is 3.49. The number of ether oxygens (including phenoxy) is 1. The van der Waals surface area contributed by atoms with Crippen molar-refractivity contribution < 1.29 is 19.1 Å². The van der Waals surface area contributed by atoms with E-state index in [4.69, 9.17) is 4.74 Å². The molecular formula is C17H22N4O4. The molecule has 3 rings (SSSR count). The van der Waals surface area contributed by atoms with Crippen LogP contribution >= 0.6 is 0 Å². The van der Waals surface area contributed by atoms with E-state index in [1.807, 2.05) is 0 Å². The van der Waals surface area contributed by atoms with Crippen LogP contribution in [0.3, 0.4) is 0 Å². The van der Waals surface area contributed by atoms with E-state index in [1.165, 1.54) is 23.1 Å². The number of rotatable bonds is 4. The third kappa shape index (κ3) is 3.89. The zero-order valence-corrected chi connectivity index (χ0v) is 14.3. The number of hydrogen-bond acceptors (Lipinski definition) is 5. The molecule has 2 aliphatic heterocycles. The summed E-state index contributed by atoms with van der Waals surface area (Å²) < 4.78 is 4.97. The monoisotopic (exact) mass is 346 g/mol. The van der Waals surface area contributed by atoms with Crippen LogP contribution in [0.5, 0.6) is 5.88 Å². The summed E-state index contributed by atoms with van der Waals surface area (Å²) in [5, 5.41) is 0. The molecule has 0 saturated carbocycles. The van der Waals surface area contributed by atoms with E-state index in [-0.39, 0.29) is 30.8 Å². The van der Waals surface area contributed by atoms with Gasteiger partial charge in [-0.3, -0.25) is 14.4 Å². The van der Waals surface area contributed by atoms with Crippen molar-refractivity contribution in [3.05, 3.63) is 23.9 Å². The van der Waals surface area contributed by atoms with Crippen LogP contribution in [0.4, 0.5) is 0 Å². The lowest BCUT2D eigenvalue weighted by Crippen LogP contribution is -2.54. The van der Waals surface area contributed by atoms with Gasteiger partial charge in [-0.25, -0.2) is 4.98 Å². The molecule has 8 nitrogen and oxygen atoms in total. The third-order valence-corrected chi connectivity index (χ3v) is 4.58. The van der Waals surface area contributed by atoms with E-state index in [2.05, 4.69) is 4.98 Å². The molecule has 25 heavy (non-hydrogen) atoms. The SMILES string of the molecule is COc1ccc(C(=O)N2CCN(CC(=O)N3CCCC3)C(=O)C2)cn1. The van der Waals surface area contributed by atoms with Crippen molar-refractivity contribution in [2.75, 3.05) is 46.4 Å². The van der Waals surface area contributed by atoms with Gasteiger partial charge in [-0.15, -0.1) is 0 Å². The Bertz CT molecular complexity index is 655. The zero-order valence-electron chi connectivity index (χ0n) is 14.3. The highest BCUT2D eigenvalue weighted by Crippen LogP contribution is 2.13. The van der Waals surface area contributed by atoms with Gasteiger partial charge in [0.2, 0.25) is 17.7 Å². The van der Waals surface area contributed by atoms with Crippen molar-refractivity contribution in [1.82, 2.24) is 19.7 Å². The number of aromatic nitrogens is 1. The Morgan fingerprint density at radius 2 is 1.88 bits per heavy atom. The maximum absolute atomic E-state index is 12.5. The number of nitrogens with zero attached hydrogens (tertiary/aromatic N) is 4. The number of hydrogen-bond donors (Lipinski definition) is 0. The molecule has 8 heteroatoms. The highest BCUT2D eigenvalue weighted by molar-refractivity contribution is 5.97. The zero-order chi connectivity index (χ0) is 17.8. The first-order valence-electron chi connectivity index (χ1n) is 8.43. The first-order valence-corrected chi connectivity index (χ1v) is 8.43. The Morgan fingerprint density at radius 3 is 2.48 bits per heavy atom. The molecule has 3 heterocycles. The Hall–Kier alpha value is -2.64. The lowest BCUT2D eigenvalue weighted by Gasteiger charge is -2.34. The van der Waals surface area contributed by atoms with Crippen molar-refractivity contribution in [2.45, 2.75) is 12.8 Å². The van der Waals surface area contributed by atoms with Crippen LogP contribution in [0, 0.1) is 0 Å². The fraction of sp³-hybridized carbons (Fsp3) is 0.529. The standard InChI is InChI=1S/C17H22N4O4/c1-25-14-5-4-13(10-18-14)17(24)21-9-8-20(16(23)12-21)11-15(22)19-6-2-3-7-19/h4-5,10H,2-3,6-9,11-12H2,1H3. The molecule has 134 valence electrons. The van der Waals surface area contributed by atoms with Crippen molar-refractivity contribution in [3.8, 4) is 5.88 Å². The van der Waals surface area contributed by atoms with Gasteiger partial charge in [0.25, 0.3) is 5.91 Å². The van der Waals surface area contributed by atoms with Crippen LogP contribution in [0.2, 0.25) is 0 Å². The molecule has 0 aliphatic carbocycles. The lowest BCUT2D eigenvalue weighted by molar-refractivity contribution is -0.142. The molecule has 0 spiro atoms. The topological polar surface area (TPSA) is 83.0 Å². The molecule has 0 bridgehead atoms. The molecule has 0 unspecified atom stereocenters. The Balaban J connectivity index is 1.56. The van der Waals surface area contributed by atoms with Gasteiger partial charge in [-0.1, -0.05) is 0 Å². The van der Waals surface area contributed by atoms with Gasteiger partial charge in [0.05, 0.1) is 19.2 Å². The summed E-state index contributed by atoms with van der Waals surface area (Å²) in [4.78, 5) is 45.8. The summed E-state index contributed by atoms with van der Waals surface area (Å²) >= 11 is 0. The highest BCUT2D eigenvalue weighted by Gasteiger charge is 2.30. The molecule has 2 fully saturated rings. The van der Waals surface area contributed by atoms with Crippen LogP contribution in [-0.4, -0.2) is 83.8 Å². The summed E-state index contributed by atoms with van der Waals surface area (Å²) in [7, 11) is 1.51. The van der Waals surface area contributed by atoms with E-state index in [0.717, 1.165) is 25.9 Å². The van der Waals surface area contributed by atoms with Crippen molar-refractivity contribution in [3.63, 3.8) is 0 Å². The average molecular weight is 346 g/mol. The fourth-order valence-electron chi connectivity index (χ4n) is 3.09. The molecule has 0 N–H and O–H groups in total. The summed E-state index contributed by atoms with van der Waals surface area (Å²) in [6.45, 7) is 2.41. The summed E-state index contributed by atoms with van der Waals surface area (Å²) in [5.74, 6) is -0.0227. The number of carbonyl (C=O) groups excluding carboxylic acids is 3. The minimum atomic E-state index is -0.242. The minimum Gasteiger partial charge on any atom is -0.481 e. The first kappa shape index (κ1) is 17.2. The smallest absolute Gasteiger partial charge is 0.255 e. The second-order valence-corrected chi connectivity index (χ2v) is 6.22. The largest absolute Gasteiger partial charge is 0.481 e. The number of amides is 3. The first-order chi connectivity index (χ1) is 12.1. The van der Waals surface area contributed by atoms with E-state index >= 15 is 0 Å². The number of pyridine rings is 1. The van der Waals surface area contributed by atoms with Gasteiger partial charge in [0, 0.05) is 38.4 Å². The van der Waals surface area contributed by atoms with Crippen molar-refractivity contribution in [1.29, 1.82) is 0 Å². The maximum atomic E-state index is 12.5. The molecule has 1 aromatic heterocycles. The van der Waals surface area contributed by atoms with Crippen molar-refractivity contribution in [2.24, 2.45) is 0 Å². The molecular weight excluding hydrogens is 324 g/mol.